The quantitative estimate of drug-likeness (QED) is 0.788. The summed E-state index contributed by atoms with van der Waals surface area (Å²) in [6.45, 7) is 6.09. The molecular formula is C15H26N2O4S. The highest BCUT2D eigenvalue weighted by Crippen LogP contribution is 2.42. The number of rotatable bonds is 8. The van der Waals surface area contributed by atoms with Gasteiger partial charge >= 0.3 is 0 Å². The third-order valence-corrected chi connectivity index (χ3v) is 6.19. The van der Waals surface area contributed by atoms with Crippen molar-refractivity contribution in [2.45, 2.75) is 52.5 Å². The van der Waals surface area contributed by atoms with Crippen LogP contribution in [0.2, 0.25) is 0 Å². The Morgan fingerprint density at radius 1 is 1.41 bits per heavy atom. The fourth-order valence-corrected chi connectivity index (χ4v) is 5.16. The number of hydrogen-bond acceptors (Lipinski definition) is 5. The van der Waals surface area contributed by atoms with Crippen LogP contribution in [-0.2, 0) is 21.2 Å². The minimum atomic E-state index is -3.33. The monoisotopic (exact) mass is 330 g/mol. The Kier molecular flexibility index (Phi) is 5.29. The predicted molar refractivity (Wildman–Crippen MR) is 84.2 cm³/mol. The number of ether oxygens (including phenoxy) is 1. The summed E-state index contributed by atoms with van der Waals surface area (Å²) in [5.41, 5.74) is 1.59. The van der Waals surface area contributed by atoms with Gasteiger partial charge in [-0.25, -0.2) is 13.1 Å². The van der Waals surface area contributed by atoms with E-state index in [4.69, 9.17) is 9.26 Å². The molecule has 22 heavy (non-hydrogen) atoms. The van der Waals surface area contributed by atoms with Crippen molar-refractivity contribution in [2.24, 2.45) is 5.41 Å². The van der Waals surface area contributed by atoms with Crippen LogP contribution < -0.4 is 4.72 Å². The summed E-state index contributed by atoms with van der Waals surface area (Å²) in [6, 6.07) is -0.193. The van der Waals surface area contributed by atoms with Crippen molar-refractivity contribution in [1.29, 1.82) is 0 Å². The third kappa shape index (κ3) is 4.08. The summed E-state index contributed by atoms with van der Waals surface area (Å²) >= 11 is 0. The average Bonchev–Trinajstić information content (AvgIpc) is 2.67. The predicted octanol–water partition coefficient (Wildman–Crippen LogP) is 1.96. The van der Waals surface area contributed by atoms with Crippen molar-refractivity contribution in [1.82, 2.24) is 9.88 Å². The number of aromatic nitrogens is 1. The van der Waals surface area contributed by atoms with Crippen molar-refractivity contribution < 1.29 is 17.7 Å². The molecule has 1 saturated carbocycles. The van der Waals surface area contributed by atoms with Crippen LogP contribution in [0.5, 0.6) is 0 Å². The summed E-state index contributed by atoms with van der Waals surface area (Å²) in [5.74, 6) is 0.887. The summed E-state index contributed by atoms with van der Waals surface area (Å²) < 4.78 is 37.9. The van der Waals surface area contributed by atoms with Gasteiger partial charge in [-0.2, -0.15) is 0 Å². The Morgan fingerprint density at radius 2 is 2.09 bits per heavy atom. The molecule has 0 unspecified atom stereocenters. The van der Waals surface area contributed by atoms with Gasteiger partial charge in [-0.15, -0.1) is 0 Å². The molecule has 1 atom stereocenters. The van der Waals surface area contributed by atoms with Crippen molar-refractivity contribution in [3.8, 4) is 0 Å². The molecule has 0 aliphatic heterocycles. The minimum absolute atomic E-state index is 0.139. The van der Waals surface area contributed by atoms with E-state index < -0.39 is 10.0 Å². The maximum atomic E-state index is 12.4. The van der Waals surface area contributed by atoms with Crippen molar-refractivity contribution in [2.75, 3.05) is 19.5 Å². The summed E-state index contributed by atoms with van der Waals surface area (Å²) in [4.78, 5) is 0. The standard InChI is InChI=1S/C15H26N2O4S/c1-11(8-14-12(2)16-21-13(14)3)17-22(18,19)10-15(9-20-4)6-5-7-15/h11,17H,5-10H2,1-4H3/t11-/m0/s1. The molecular weight excluding hydrogens is 304 g/mol. The van der Waals surface area contributed by atoms with Gasteiger partial charge in [0.2, 0.25) is 10.0 Å². The highest BCUT2D eigenvalue weighted by Gasteiger charge is 2.41. The Labute approximate surface area is 132 Å². The van der Waals surface area contributed by atoms with Crippen LogP contribution in [0.25, 0.3) is 0 Å². The Morgan fingerprint density at radius 3 is 2.55 bits per heavy atom. The lowest BCUT2D eigenvalue weighted by Gasteiger charge is -2.41. The number of nitrogens with zero attached hydrogens (tertiary/aromatic N) is 1. The van der Waals surface area contributed by atoms with Crippen LogP contribution >= 0.6 is 0 Å². The second kappa shape index (κ2) is 6.68. The summed E-state index contributed by atoms with van der Waals surface area (Å²) in [7, 11) is -1.71. The smallest absolute Gasteiger partial charge is 0.212 e. The second-order valence-electron chi connectivity index (χ2n) is 6.57. The number of hydrogen-bond donors (Lipinski definition) is 1. The molecule has 1 aromatic heterocycles. The van der Waals surface area contributed by atoms with Crippen molar-refractivity contribution in [3.05, 3.63) is 17.0 Å². The van der Waals surface area contributed by atoms with Crippen LogP contribution in [0.4, 0.5) is 0 Å². The minimum Gasteiger partial charge on any atom is -0.384 e. The Bertz CT molecular complexity index is 586. The molecule has 1 aromatic rings. The first-order valence-electron chi connectivity index (χ1n) is 7.68. The van der Waals surface area contributed by atoms with Crippen LogP contribution in [0, 0.1) is 19.3 Å². The van der Waals surface area contributed by atoms with Gasteiger partial charge in [-0.1, -0.05) is 11.6 Å². The number of aryl methyl sites for hydroxylation is 2. The van der Waals surface area contributed by atoms with E-state index in [-0.39, 0.29) is 17.2 Å². The fraction of sp³-hybridized carbons (Fsp3) is 0.800. The van der Waals surface area contributed by atoms with E-state index in [0.717, 1.165) is 36.3 Å². The molecule has 1 aliphatic carbocycles. The zero-order valence-electron chi connectivity index (χ0n) is 13.8. The molecule has 2 rings (SSSR count). The molecule has 7 heteroatoms. The van der Waals surface area contributed by atoms with Crippen LogP contribution in [0.1, 0.15) is 43.2 Å². The van der Waals surface area contributed by atoms with E-state index in [2.05, 4.69) is 9.88 Å². The molecule has 6 nitrogen and oxygen atoms in total. The summed E-state index contributed by atoms with van der Waals surface area (Å²) in [6.07, 6.45) is 3.49. The Balaban J connectivity index is 1.96. The molecule has 1 aliphatic rings. The number of nitrogens with one attached hydrogen (secondary N) is 1. The third-order valence-electron chi connectivity index (χ3n) is 4.43. The molecule has 1 N–H and O–H groups in total. The van der Waals surface area contributed by atoms with Crippen molar-refractivity contribution >= 4 is 10.0 Å². The van der Waals surface area contributed by atoms with E-state index in [0.29, 0.717) is 13.0 Å². The van der Waals surface area contributed by atoms with E-state index in [9.17, 15) is 8.42 Å². The molecule has 0 saturated heterocycles. The van der Waals surface area contributed by atoms with Crippen molar-refractivity contribution in [3.63, 3.8) is 0 Å². The van der Waals surface area contributed by atoms with Gasteiger partial charge in [-0.3, -0.25) is 0 Å². The molecule has 1 heterocycles. The van der Waals surface area contributed by atoms with E-state index in [1.807, 2.05) is 20.8 Å². The first-order chi connectivity index (χ1) is 10.3. The van der Waals surface area contributed by atoms with Crippen LogP contribution in [0.3, 0.4) is 0 Å². The first-order valence-corrected chi connectivity index (χ1v) is 9.33. The zero-order valence-corrected chi connectivity index (χ0v) is 14.6. The van der Waals surface area contributed by atoms with E-state index in [1.54, 1.807) is 7.11 Å². The number of sulfonamides is 1. The van der Waals surface area contributed by atoms with Gasteiger partial charge in [0.1, 0.15) is 5.76 Å². The maximum Gasteiger partial charge on any atom is 0.212 e. The van der Waals surface area contributed by atoms with Crippen LogP contribution in [-0.4, -0.2) is 39.1 Å². The highest BCUT2D eigenvalue weighted by molar-refractivity contribution is 7.89. The van der Waals surface area contributed by atoms with Gasteiger partial charge < -0.3 is 9.26 Å². The van der Waals surface area contributed by atoms with Gasteiger partial charge in [0.05, 0.1) is 18.1 Å². The van der Waals surface area contributed by atoms with E-state index >= 15 is 0 Å². The molecule has 0 radical (unpaired) electrons. The fourth-order valence-electron chi connectivity index (χ4n) is 3.21. The molecule has 126 valence electrons. The lowest BCUT2D eigenvalue weighted by atomic mass is 9.71. The second-order valence-corrected chi connectivity index (χ2v) is 8.33. The van der Waals surface area contributed by atoms with Crippen LogP contribution in [0.15, 0.2) is 4.52 Å². The lowest BCUT2D eigenvalue weighted by Crippen LogP contribution is -2.46. The van der Waals surface area contributed by atoms with Gasteiger partial charge in [-0.05, 0) is 40.0 Å². The average molecular weight is 330 g/mol. The molecule has 0 aromatic carbocycles. The zero-order chi connectivity index (χ0) is 16.4. The number of methoxy groups -OCH3 is 1. The largest absolute Gasteiger partial charge is 0.384 e. The molecule has 0 spiro atoms. The van der Waals surface area contributed by atoms with Gasteiger partial charge in [0, 0.05) is 24.1 Å². The SMILES string of the molecule is COCC1(CS(=O)(=O)N[C@@H](C)Cc2c(C)noc2C)CCC1. The van der Waals surface area contributed by atoms with Gasteiger partial charge in [0.15, 0.2) is 0 Å². The van der Waals surface area contributed by atoms with E-state index in [1.165, 1.54) is 0 Å². The topological polar surface area (TPSA) is 81.4 Å². The molecule has 0 amide bonds. The first kappa shape index (κ1) is 17.4. The molecule has 0 bridgehead atoms. The molecule has 1 fully saturated rings. The summed E-state index contributed by atoms with van der Waals surface area (Å²) in [5, 5.41) is 3.90. The highest BCUT2D eigenvalue weighted by atomic mass is 32.2. The lowest BCUT2D eigenvalue weighted by molar-refractivity contribution is 0.0355. The maximum absolute atomic E-state index is 12.4. The van der Waals surface area contributed by atoms with Gasteiger partial charge in [0.25, 0.3) is 0 Å². The normalized spacial score (nSPS) is 18.9. The Hall–Kier alpha value is -0.920.